The molecule has 0 aliphatic heterocycles. The number of nitrogens with one attached hydrogen (secondary N) is 1. The molecule has 0 atom stereocenters. The molecule has 120 valence electrons. The van der Waals surface area contributed by atoms with Gasteiger partial charge in [-0.3, -0.25) is 0 Å². The van der Waals surface area contributed by atoms with E-state index in [0.29, 0.717) is 16.5 Å². The van der Waals surface area contributed by atoms with E-state index in [4.69, 9.17) is 23.2 Å². The number of nitrogens with zero attached hydrogens (tertiary/aromatic N) is 2. The molecule has 0 saturated heterocycles. The van der Waals surface area contributed by atoms with Crippen molar-refractivity contribution in [1.82, 2.24) is 14.1 Å². The number of rotatable bonds is 5. The Morgan fingerprint density at radius 3 is 2.43 bits per heavy atom. The van der Waals surface area contributed by atoms with E-state index in [1.807, 2.05) is 16.7 Å². The molecule has 0 spiro atoms. The van der Waals surface area contributed by atoms with E-state index in [1.165, 1.54) is 12.1 Å². The van der Waals surface area contributed by atoms with Crippen LogP contribution >= 0.6 is 23.2 Å². The summed E-state index contributed by atoms with van der Waals surface area (Å²) in [5, 5.41) is 1.11. The Morgan fingerprint density at radius 1 is 1.00 bits per heavy atom. The zero-order chi connectivity index (χ0) is 16.4. The van der Waals surface area contributed by atoms with Crippen molar-refractivity contribution >= 4 is 38.9 Å². The molecule has 0 aliphatic rings. The van der Waals surface area contributed by atoms with Crippen molar-refractivity contribution in [2.75, 3.05) is 6.54 Å². The Kier molecular flexibility index (Phi) is 4.59. The number of halogens is 2. The predicted octanol–water partition coefficient (Wildman–Crippen LogP) is 3.16. The first-order valence-corrected chi connectivity index (χ1v) is 9.06. The van der Waals surface area contributed by atoms with Crippen molar-refractivity contribution in [3.8, 4) is 0 Å². The lowest BCUT2D eigenvalue weighted by Crippen LogP contribution is -2.26. The highest BCUT2D eigenvalue weighted by Gasteiger charge is 2.13. The number of hydrogen-bond donors (Lipinski definition) is 1. The third-order valence-corrected chi connectivity index (χ3v) is 5.21. The van der Waals surface area contributed by atoms with Crippen LogP contribution in [-0.2, 0) is 16.4 Å². The molecular formula is C15H13Cl2N3O2S. The molecule has 23 heavy (non-hydrogen) atoms. The highest BCUT2D eigenvalue weighted by molar-refractivity contribution is 7.89. The summed E-state index contributed by atoms with van der Waals surface area (Å²) in [7, 11) is -3.55. The number of imidazole rings is 1. The Bertz CT molecular complexity index is 937. The van der Waals surface area contributed by atoms with Crippen LogP contribution < -0.4 is 4.72 Å². The maximum absolute atomic E-state index is 12.2. The van der Waals surface area contributed by atoms with Crippen molar-refractivity contribution in [3.05, 3.63) is 64.5 Å². The van der Waals surface area contributed by atoms with Gasteiger partial charge in [0.25, 0.3) is 0 Å². The number of pyridine rings is 1. The average Bonchev–Trinajstić information content (AvgIpc) is 2.89. The molecule has 1 N–H and O–H groups in total. The second-order valence-corrected chi connectivity index (χ2v) is 7.59. The molecule has 0 fully saturated rings. The molecule has 2 aromatic heterocycles. The molecule has 1 aromatic carbocycles. The Morgan fingerprint density at radius 2 is 1.70 bits per heavy atom. The summed E-state index contributed by atoms with van der Waals surface area (Å²) in [4.78, 5) is 4.59. The van der Waals surface area contributed by atoms with Crippen LogP contribution in [0.15, 0.2) is 53.7 Å². The minimum Gasteiger partial charge on any atom is -0.305 e. The third kappa shape index (κ3) is 3.84. The summed E-state index contributed by atoms with van der Waals surface area (Å²) in [6, 6.07) is 9.60. The maximum Gasteiger partial charge on any atom is 0.240 e. The summed E-state index contributed by atoms with van der Waals surface area (Å²) in [6.07, 6.45) is 4.06. The molecule has 2 heterocycles. The van der Waals surface area contributed by atoms with Gasteiger partial charge in [0.05, 0.1) is 15.6 Å². The molecule has 3 aromatic rings. The number of sulfonamides is 1. The second-order valence-electron chi connectivity index (χ2n) is 4.95. The van der Waals surface area contributed by atoms with Crippen molar-refractivity contribution in [2.45, 2.75) is 11.3 Å². The average molecular weight is 370 g/mol. The topological polar surface area (TPSA) is 63.5 Å². The van der Waals surface area contributed by atoms with Crippen molar-refractivity contribution < 1.29 is 8.42 Å². The van der Waals surface area contributed by atoms with Crippen LogP contribution in [0, 0.1) is 0 Å². The SMILES string of the molecule is O=S(=O)(NCCc1cn2cc(Cl)ccc2n1)c1ccc(Cl)cc1. The largest absolute Gasteiger partial charge is 0.305 e. The fourth-order valence-corrected chi connectivity index (χ4v) is 3.47. The molecule has 3 rings (SSSR count). The van der Waals surface area contributed by atoms with Gasteiger partial charge in [0, 0.05) is 30.4 Å². The highest BCUT2D eigenvalue weighted by atomic mass is 35.5. The van der Waals surface area contributed by atoms with Gasteiger partial charge in [0.1, 0.15) is 5.65 Å². The van der Waals surface area contributed by atoms with E-state index in [-0.39, 0.29) is 11.4 Å². The van der Waals surface area contributed by atoms with Crippen LogP contribution in [-0.4, -0.2) is 24.3 Å². The fraction of sp³-hybridized carbons (Fsp3) is 0.133. The normalized spacial score (nSPS) is 11.9. The van der Waals surface area contributed by atoms with E-state index >= 15 is 0 Å². The first kappa shape index (κ1) is 16.3. The van der Waals surface area contributed by atoms with Crippen molar-refractivity contribution in [3.63, 3.8) is 0 Å². The third-order valence-electron chi connectivity index (χ3n) is 3.26. The molecule has 0 unspecified atom stereocenters. The minimum atomic E-state index is -3.55. The van der Waals surface area contributed by atoms with E-state index in [1.54, 1.807) is 24.4 Å². The lowest BCUT2D eigenvalue weighted by atomic mass is 10.3. The van der Waals surface area contributed by atoms with Crippen molar-refractivity contribution in [2.24, 2.45) is 0 Å². The van der Waals surface area contributed by atoms with Gasteiger partial charge in [-0.05, 0) is 36.4 Å². The van der Waals surface area contributed by atoms with Gasteiger partial charge in [-0.2, -0.15) is 0 Å². The molecule has 5 nitrogen and oxygen atoms in total. The summed E-state index contributed by atoms with van der Waals surface area (Å²) in [5.41, 5.74) is 1.55. The monoisotopic (exact) mass is 369 g/mol. The van der Waals surface area contributed by atoms with Crippen LogP contribution in [0.5, 0.6) is 0 Å². The number of aromatic nitrogens is 2. The van der Waals surface area contributed by atoms with Gasteiger partial charge in [-0.25, -0.2) is 18.1 Å². The summed E-state index contributed by atoms with van der Waals surface area (Å²) in [5.74, 6) is 0. The number of benzene rings is 1. The summed E-state index contributed by atoms with van der Waals surface area (Å²) >= 11 is 11.7. The van der Waals surface area contributed by atoms with E-state index in [9.17, 15) is 8.42 Å². The smallest absolute Gasteiger partial charge is 0.240 e. The van der Waals surface area contributed by atoms with E-state index in [2.05, 4.69) is 9.71 Å². The van der Waals surface area contributed by atoms with Gasteiger partial charge in [-0.1, -0.05) is 23.2 Å². The first-order chi connectivity index (χ1) is 10.9. The van der Waals surface area contributed by atoms with Gasteiger partial charge in [0.15, 0.2) is 0 Å². The quantitative estimate of drug-likeness (QED) is 0.751. The zero-order valence-electron chi connectivity index (χ0n) is 11.9. The molecule has 8 heteroatoms. The van der Waals surface area contributed by atoms with Gasteiger partial charge in [-0.15, -0.1) is 0 Å². The second kappa shape index (κ2) is 6.49. The minimum absolute atomic E-state index is 0.184. The van der Waals surface area contributed by atoms with Crippen molar-refractivity contribution in [1.29, 1.82) is 0 Å². The molecule has 0 amide bonds. The van der Waals surface area contributed by atoms with E-state index in [0.717, 1.165) is 11.3 Å². The Hall–Kier alpha value is -1.60. The molecular weight excluding hydrogens is 357 g/mol. The van der Waals surface area contributed by atoms with E-state index < -0.39 is 10.0 Å². The van der Waals surface area contributed by atoms with Gasteiger partial charge < -0.3 is 4.40 Å². The maximum atomic E-state index is 12.2. The molecule has 0 radical (unpaired) electrons. The molecule has 0 aliphatic carbocycles. The standard InChI is InChI=1S/C15H13Cl2N3O2S/c16-11-1-4-14(5-2-11)23(21,22)18-8-7-13-10-20-9-12(17)3-6-15(20)19-13/h1-6,9-10,18H,7-8H2. The summed E-state index contributed by atoms with van der Waals surface area (Å²) in [6.45, 7) is 0.253. The number of hydrogen-bond acceptors (Lipinski definition) is 3. The molecule has 0 bridgehead atoms. The van der Waals surface area contributed by atoms with Gasteiger partial charge in [0.2, 0.25) is 10.0 Å². The van der Waals surface area contributed by atoms with Crippen LogP contribution in [0.2, 0.25) is 10.0 Å². The predicted molar refractivity (Wildman–Crippen MR) is 90.5 cm³/mol. The van der Waals surface area contributed by atoms with Gasteiger partial charge >= 0.3 is 0 Å². The van der Waals surface area contributed by atoms with Crippen LogP contribution in [0.25, 0.3) is 5.65 Å². The fourth-order valence-electron chi connectivity index (χ4n) is 2.15. The number of fused-ring (bicyclic) bond motifs is 1. The van der Waals surface area contributed by atoms with Crippen LogP contribution in [0.1, 0.15) is 5.69 Å². The Labute approximate surface area is 143 Å². The Balaban J connectivity index is 1.66. The zero-order valence-corrected chi connectivity index (χ0v) is 14.2. The highest BCUT2D eigenvalue weighted by Crippen LogP contribution is 2.14. The molecule has 0 saturated carbocycles. The lowest BCUT2D eigenvalue weighted by Gasteiger charge is -2.05. The first-order valence-electron chi connectivity index (χ1n) is 6.82. The van der Waals surface area contributed by atoms with Crippen LogP contribution in [0.4, 0.5) is 0 Å². The lowest BCUT2D eigenvalue weighted by molar-refractivity contribution is 0.581. The van der Waals surface area contributed by atoms with Crippen LogP contribution in [0.3, 0.4) is 0 Å². The summed E-state index contributed by atoms with van der Waals surface area (Å²) < 4.78 is 28.7.